The third kappa shape index (κ3) is 3.09. The molecule has 0 radical (unpaired) electrons. The molecule has 1 aromatic carbocycles. The highest BCUT2D eigenvalue weighted by atomic mass is 16.6. The van der Waals surface area contributed by atoms with Gasteiger partial charge >= 0.3 is 5.69 Å². The Hall–Kier alpha value is -1.78. The molecule has 0 unspecified atom stereocenters. The average molecular weight is 238 g/mol. The first-order valence-electron chi connectivity index (χ1n) is 5.80. The van der Waals surface area contributed by atoms with E-state index in [1.54, 1.807) is 12.1 Å². The first-order valence-corrected chi connectivity index (χ1v) is 5.80. The molecule has 0 saturated carbocycles. The molecule has 0 aliphatic heterocycles. The summed E-state index contributed by atoms with van der Waals surface area (Å²) in [6.45, 7) is 8.05. The Morgan fingerprint density at radius 1 is 1.29 bits per heavy atom. The van der Waals surface area contributed by atoms with Gasteiger partial charge in [-0.25, -0.2) is 0 Å². The lowest BCUT2D eigenvalue weighted by Gasteiger charge is -2.21. The van der Waals surface area contributed by atoms with E-state index in [1.165, 1.54) is 6.07 Å². The van der Waals surface area contributed by atoms with Gasteiger partial charge in [0.05, 0.1) is 11.5 Å². The van der Waals surface area contributed by atoms with Crippen molar-refractivity contribution >= 4 is 11.4 Å². The number of nitro groups is 1. The molecule has 17 heavy (non-hydrogen) atoms. The largest absolute Gasteiger partial charge is 0.487 e. The zero-order chi connectivity index (χ0) is 12.8. The smallest absolute Gasteiger partial charge is 0.311 e. The van der Waals surface area contributed by atoms with E-state index >= 15 is 0 Å². The van der Waals surface area contributed by atoms with Crippen molar-refractivity contribution in [1.29, 1.82) is 0 Å². The van der Waals surface area contributed by atoms with E-state index in [0.29, 0.717) is 12.4 Å². The predicted octanol–water partition coefficient (Wildman–Crippen LogP) is 2.84. The van der Waals surface area contributed by atoms with Crippen LogP contribution in [0.1, 0.15) is 20.8 Å². The monoisotopic (exact) mass is 238 g/mol. The Balaban J connectivity index is 3.12. The molecule has 0 bridgehead atoms. The zero-order valence-electron chi connectivity index (χ0n) is 10.5. The minimum absolute atomic E-state index is 0.0164. The molecule has 1 aromatic rings. The van der Waals surface area contributed by atoms with Gasteiger partial charge in [0.25, 0.3) is 0 Å². The molecule has 0 N–H and O–H groups in total. The fourth-order valence-corrected chi connectivity index (χ4v) is 1.71. The van der Waals surface area contributed by atoms with E-state index in [4.69, 9.17) is 4.74 Å². The van der Waals surface area contributed by atoms with Gasteiger partial charge in [-0.2, -0.15) is 0 Å². The first-order chi connectivity index (χ1) is 8.13. The molecule has 0 fully saturated rings. The molecule has 94 valence electrons. The summed E-state index contributed by atoms with van der Waals surface area (Å²) < 4.78 is 5.31. The summed E-state index contributed by atoms with van der Waals surface area (Å²) >= 11 is 0. The number of hydrogen-bond acceptors (Lipinski definition) is 4. The lowest BCUT2D eigenvalue weighted by molar-refractivity contribution is -0.385. The highest BCUT2D eigenvalue weighted by Crippen LogP contribution is 2.31. The van der Waals surface area contributed by atoms with Crippen LogP contribution in [0.25, 0.3) is 0 Å². The molecular formula is C12H18N2O3. The van der Waals surface area contributed by atoms with Crippen molar-refractivity contribution in [1.82, 2.24) is 0 Å². The average Bonchev–Trinajstić information content (AvgIpc) is 2.31. The van der Waals surface area contributed by atoms with Crippen molar-refractivity contribution in [2.75, 3.05) is 24.6 Å². The number of benzene rings is 1. The van der Waals surface area contributed by atoms with Crippen LogP contribution in [0, 0.1) is 10.1 Å². The van der Waals surface area contributed by atoms with Crippen molar-refractivity contribution in [3.05, 3.63) is 28.3 Å². The van der Waals surface area contributed by atoms with Gasteiger partial charge in [-0.05, 0) is 26.8 Å². The summed E-state index contributed by atoms with van der Waals surface area (Å²) in [6.07, 6.45) is 0. The molecule has 0 atom stereocenters. The van der Waals surface area contributed by atoms with Gasteiger partial charge in [-0.15, -0.1) is 0 Å². The van der Waals surface area contributed by atoms with Gasteiger partial charge in [0.1, 0.15) is 0 Å². The van der Waals surface area contributed by atoms with Crippen LogP contribution in [-0.4, -0.2) is 24.6 Å². The normalized spacial score (nSPS) is 10.1. The van der Waals surface area contributed by atoms with Crippen LogP contribution in [0.4, 0.5) is 11.4 Å². The molecule has 0 saturated heterocycles. The highest BCUT2D eigenvalue weighted by molar-refractivity contribution is 5.59. The minimum atomic E-state index is -0.420. The molecule has 0 aliphatic carbocycles. The van der Waals surface area contributed by atoms with E-state index in [1.807, 2.05) is 20.8 Å². The SMILES string of the molecule is CCOc1cc(N(CC)CC)ccc1[N+](=O)[O-]. The maximum Gasteiger partial charge on any atom is 0.311 e. The van der Waals surface area contributed by atoms with Crippen LogP contribution in [0.3, 0.4) is 0 Å². The molecule has 1 rings (SSSR count). The number of nitro benzene ring substituents is 1. The maximum absolute atomic E-state index is 10.8. The number of anilines is 1. The second-order valence-corrected chi connectivity index (χ2v) is 3.51. The molecule has 0 aromatic heterocycles. The fraction of sp³-hybridized carbons (Fsp3) is 0.500. The quantitative estimate of drug-likeness (QED) is 0.565. The molecular weight excluding hydrogens is 220 g/mol. The van der Waals surface area contributed by atoms with E-state index in [-0.39, 0.29) is 5.69 Å². The number of nitrogens with zero attached hydrogens (tertiary/aromatic N) is 2. The number of rotatable bonds is 6. The second kappa shape index (κ2) is 6.08. The van der Waals surface area contributed by atoms with Crippen LogP contribution < -0.4 is 9.64 Å². The van der Waals surface area contributed by atoms with E-state index < -0.39 is 4.92 Å². The summed E-state index contributed by atoms with van der Waals surface area (Å²) in [4.78, 5) is 12.5. The topological polar surface area (TPSA) is 55.6 Å². The third-order valence-corrected chi connectivity index (χ3v) is 2.57. The first kappa shape index (κ1) is 13.3. The van der Waals surface area contributed by atoms with Gasteiger partial charge in [0, 0.05) is 30.9 Å². The van der Waals surface area contributed by atoms with Crippen molar-refractivity contribution in [3.8, 4) is 5.75 Å². The Kier molecular flexibility index (Phi) is 4.75. The fourth-order valence-electron chi connectivity index (χ4n) is 1.71. The van der Waals surface area contributed by atoms with Gasteiger partial charge < -0.3 is 9.64 Å². The molecule has 0 aliphatic rings. The maximum atomic E-state index is 10.8. The predicted molar refractivity (Wildman–Crippen MR) is 67.8 cm³/mol. The van der Waals surface area contributed by atoms with Crippen LogP contribution in [0.5, 0.6) is 5.75 Å². The molecule has 5 nitrogen and oxygen atoms in total. The van der Waals surface area contributed by atoms with Crippen molar-refractivity contribution in [3.63, 3.8) is 0 Å². The van der Waals surface area contributed by atoms with Crippen molar-refractivity contribution in [2.45, 2.75) is 20.8 Å². The Morgan fingerprint density at radius 2 is 1.94 bits per heavy atom. The van der Waals surface area contributed by atoms with Crippen LogP contribution in [0.2, 0.25) is 0 Å². The Labute approximate surface area is 101 Å². The Morgan fingerprint density at radius 3 is 2.41 bits per heavy atom. The van der Waals surface area contributed by atoms with Gasteiger partial charge in [-0.3, -0.25) is 10.1 Å². The second-order valence-electron chi connectivity index (χ2n) is 3.51. The Bertz CT molecular complexity index is 389. The lowest BCUT2D eigenvalue weighted by atomic mass is 10.2. The van der Waals surface area contributed by atoms with Crippen molar-refractivity contribution in [2.24, 2.45) is 0 Å². The standard InChI is InChI=1S/C12H18N2O3/c1-4-13(5-2)10-7-8-11(14(15)16)12(9-10)17-6-3/h7-9H,4-6H2,1-3H3. The van der Waals surface area contributed by atoms with Gasteiger partial charge in [0.2, 0.25) is 0 Å². The summed E-state index contributed by atoms with van der Waals surface area (Å²) in [7, 11) is 0. The highest BCUT2D eigenvalue weighted by Gasteiger charge is 2.16. The minimum Gasteiger partial charge on any atom is -0.487 e. The number of hydrogen-bond donors (Lipinski definition) is 0. The molecule has 5 heteroatoms. The van der Waals surface area contributed by atoms with E-state index in [0.717, 1.165) is 18.8 Å². The van der Waals surface area contributed by atoms with E-state index in [9.17, 15) is 10.1 Å². The lowest BCUT2D eigenvalue weighted by Crippen LogP contribution is -2.21. The molecule has 0 spiro atoms. The third-order valence-electron chi connectivity index (χ3n) is 2.57. The van der Waals surface area contributed by atoms with Crippen LogP contribution in [0.15, 0.2) is 18.2 Å². The zero-order valence-corrected chi connectivity index (χ0v) is 10.5. The molecule has 0 amide bonds. The summed E-state index contributed by atoms with van der Waals surface area (Å²) in [6, 6.07) is 4.99. The van der Waals surface area contributed by atoms with Crippen LogP contribution in [-0.2, 0) is 0 Å². The van der Waals surface area contributed by atoms with E-state index in [2.05, 4.69) is 4.90 Å². The van der Waals surface area contributed by atoms with Gasteiger partial charge in [-0.1, -0.05) is 0 Å². The van der Waals surface area contributed by atoms with Crippen LogP contribution >= 0.6 is 0 Å². The summed E-state index contributed by atoms with van der Waals surface area (Å²) in [5.41, 5.74) is 0.965. The summed E-state index contributed by atoms with van der Waals surface area (Å²) in [5, 5.41) is 10.8. The van der Waals surface area contributed by atoms with Gasteiger partial charge in [0.15, 0.2) is 5.75 Å². The molecule has 0 heterocycles. The summed E-state index contributed by atoms with van der Waals surface area (Å²) in [5.74, 6) is 0.335. The van der Waals surface area contributed by atoms with Crippen molar-refractivity contribution < 1.29 is 9.66 Å². The number of ether oxygens (including phenoxy) is 1.